The van der Waals surface area contributed by atoms with Gasteiger partial charge < -0.3 is 15.5 Å². The Balaban J connectivity index is 2.04. The van der Waals surface area contributed by atoms with E-state index in [4.69, 9.17) is 5.26 Å². The molecule has 2 aromatic rings. The van der Waals surface area contributed by atoms with Crippen LogP contribution in [0.25, 0.3) is 0 Å². The average molecular weight is 486 g/mol. The van der Waals surface area contributed by atoms with Crippen molar-refractivity contribution in [3.8, 4) is 6.07 Å². The predicted octanol–water partition coefficient (Wildman–Crippen LogP) is 4.19. The van der Waals surface area contributed by atoms with Gasteiger partial charge in [-0.2, -0.15) is 18.4 Å². The van der Waals surface area contributed by atoms with Crippen molar-refractivity contribution in [1.29, 1.82) is 5.26 Å². The summed E-state index contributed by atoms with van der Waals surface area (Å²) in [7, 11) is 3.83. The van der Waals surface area contributed by atoms with Crippen molar-refractivity contribution in [2.45, 2.75) is 25.6 Å². The van der Waals surface area contributed by atoms with Gasteiger partial charge >= 0.3 is 12.2 Å². The minimum atomic E-state index is -4.59. The third-order valence-electron chi connectivity index (χ3n) is 5.60. The van der Waals surface area contributed by atoms with Crippen LogP contribution in [0, 0.1) is 11.3 Å². The van der Waals surface area contributed by atoms with Crippen LogP contribution < -0.4 is 15.5 Å². The van der Waals surface area contributed by atoms with E-state index in [0.29, 0.717) is 24.1 Å². The van der Waals surface area contributed by atoms with Crippen LogP contribution in [0.4, 0.5) is 23.7 Å². The maximum atomic E-state index is 13.3. The molecule has 0 spiro atoms. The van der Waals surface area contributed by atoms with E-state index in [2.05, 4.69) is 10.6 Å². The summed E-state index contributed by atoms with van der Waals surface area (Å²) in [6, 6.07) is 11.3. The number of urea groups is 1. The first kappa shape index (κ1) is 25.8. The molecule has 0 saturated heterocycles. The Labute approximate surface area is 201 Å². The van der Waals surface area contributed by atoms with E-state index in [1.807, 2.05) is 25.1 Å². The van der Waals surface area contributed by atoms with Gasteiger partial charge in [-0.25, -0.2) is 4.79 Å². The fraction of sp³-hybridized carbons (Fsp3) is 0.320. The van der Waals surface area contributed by atoms with Crippen LogP contribution in [0.5, 0.6) is 0 Å². The summed E-state index contributed by atoms with van der Waals surface area (Å²) in [5.74, 6) is -0.437. The molecule has 1 atom stereocenters. The molecular weight excluding hydrogens is 459 g/mol. The Kier molecular flexibility index (Phi) is 7.82. The second kappa shape index (κ2) is 10.6. The molecule has 2 N–H and O–H groups in total. The lowest BCUT2D eigenvalue weighted by Gasteiger charge is -2.36. The number of carbonyl (C=O) groups excluding carboxylic acids is 2. The third-order valence-corrected chi connectivity index (χ3v) is 5.60. The van der Waals surface area contributed by atoms with Gasteiger partial charge in [0.05, 0.1) is 34.5 Å². The molecule has 0 radical (unpaired) electrons. The number of benzene rings is 2. The van der Waals surface area contributed by atoms with Crippen molar-refractivity contribution >= 4 is 17.6 Å². The number of nitrogens with zero attached hydrogens (tertiary/aromatic N) is 3. The van der Waals surface area contributed by atoms with Crippen molar-refractivity contribution < 1.29 is 22.8 Å². The number of amides is 3. The number of alkyl halides is 3. The number of nitriles is 1. The van der Waals surface area contributed by atoms with Crippen molar-refractivity contribution in [2.24, 2.45) is 0 Å². The van der Waals surface area contributed by atoms with E-state index >= 15 is 0 Å². The van der Waals surface area contributed by atoms with E-state index in [0.717, 1.165) is 23.6 Å². The molecule has 0 bridgehead atoms. The third kappa shape index (κ3) is 6.00. The maximum Gasteiger partial charge on any atom is 0.416 e. The number of hydrogen-bond donors (Lipinski definition) is 2. The normalized spacial score (nSPS) is 16.2. The molecule has 7 nitrogen and oxygen atoms in total. The lowest BCUT2D eigenvalue weighted by molar-refractivity contribution is -0.137. The Hall–Kier alpha value is -3.84. The minimum absolute atomic E-state index is 0.00832. The van der Waals surface area contributed by atoms with Crippen LogP contribution in [-0.2, 0) is 11.0 Å². The van der Waals surface area contributed by atoms with Crippen molar-refractivity contribution in [3.63, 3.8) is 0 Å². The van der Waals surface area contributed by atoms with Gasteiger partial charge in [0, 0.05) is 12.2 Å². The molecule has 3 rings (SSSR count). The van der Waals surface area contributed by atoms with Crippen LogP contribution in [-0.4, -0.2) is 44.0 Å². The van der Waals surface area contributed by atoms with Crippen molar-refractivity contribution in [2.75, 3.05) is 32.1 Å². The number of halogens is 3. The first-order chi connectivity index (χ1) is 16.5. The van der Waals surface area contributed by atoms with Gasteiger partial charge in [0.25, 0.3) is 5.91 Å². The highest BCUT2D eigenvalue weighted by Crippen LogP contribution is 2.36. The fourth-order valence-electron chi connectivity index (χ4n) is 3.86. The van der Waals surface area contributed by atoms with Gasteiger partial charge in [0.15, 0.2) is 0 Å². The number of rotatable bonds is 7. The number of nitrogens with one attached hydrogen (secondary N) is 2. The van der Waals surface area contributed by atoms with E-state index < -0.39 is 29.7 Å². The second-order valence-electron chi connectivity index (χ2n) is 8.41. The summed E-state index contributed by atoms with van der Waals surface area (Å²) in [5.41, 5.74) is 0.491. The van der Waals surface area contributed by atoms with E-state index in [-0.39, 0.29) is 17.0 Å². The van der Waals surface area contributed by atoms with Crippen molar-refractivity contribution in [3.05, 3.63) is 76.5 Å². The van der Waals surface area contributed by atoms with Gasteiger partial charge in [-0.1, -0.05) is 18.2 Å². The molecule has 0 aromatic heterocycles. The average Bonchev–Trinajstić information content (AvgIpc) is 2.81. The van der Waals surface area contributed by atoms with Crippen LogP contribution >= 0.6 is 0 Å². The molecule has 2 aromatic carbocycles. The SMILES string of the molecule is CC1=C(C(=O)NCCCN(C)C)[C@@H](c2ccc(C#N)cc2)NC(=O)N1c1cccc(C(F)(F)F)c1. The lowest BCUT2D eigenvalue weighted by atomic mass is 9.93. The Morgan fingerprint density at radius 2 is 1.89 bits per heavy atom. The van der Waals surface area contributed by atoms with Crippen LogP contribution in [0.1, 0.15) is 36.1 Å². The zero-order valence-corrected chi connectivity index (χ0v) is 19.6. The molecule has 0 aliphatic carbocycles. The second-order valence-corrected chi connectivity index (χ2v) is 8.41. The topological polar surface area (TPSA) is 88.5 Å². The Bertz CT molecular complexity index is 1170. The number of carbonyl (C=O) groups is 2. The highest BCUT2D eigenvalue weighted by Gasteiger charge is 2.37. The molecular formula is C25H26F3N5O2. The summed E-state index contributed by atoms with van der Waals surface area (Å²) < 4.78 is 39.9. The monoisotopic (exact) mass is 485 g/mol. The molecule has 184 valence electrons. The summed E-state index contributed by atoms with van der Waals surface area (Å²) in [4.78, 5) is 29.4. The number of allylic oxidation sites excluding steroid dienone is 1. The highest BCUT2D eigenvalue weighted by atomic mass is 19.4. The van der Waals surface area contributed by atoms with Crippen LogP contribution in [0.3, 0.4) is 0 Å². The van der Waals surface area contributed by atoms with E-state index in [1.165, 1.54) is 19.1 Å². The van der Waals surface area contributed by atoms with Crippen LogP contribution in [0.15, 0.2) is 59.8 Å². The molecule has 10 heteroatoms. The molecule has 0 saturated carbocycles. The van der Waals surface area contributed by atoms with Crippen molar-refractivity contribution in [1.82, 2.24) is 15.5 Å². The molecule has 1 aliphatic heterocycles. The van der Waals surface area contributed by atoms with Gasteiger partial charge in [0.1, 0.15) is 0 Å². The predicted molar refractivity (Wildman–Crippen MR) is 125 cm³/mol. The fourth-order valence-corrected chi connectivity index (χ4v) is 3.86. The summed E-state index contributed by atoms with van der Waals surface area (Å²) in [5, 5.41) is 14.7. The summed E-state index contributed by atoms with van der Waals surface area (Å²) in [6.45, 7) is 2.67. The van der Waals surface area contributed by atoms with Crippen LogP contribution in [0.2, 0.25) is 0 Å². The van der Waals surface area contributed by atoms with Gasteiger partial charge in [0.2, 0.25) is 0 Å². The molecule has 3 amide bonds. The zero-order chi connectivity index (χ0) is 25.8. The molecule has 0 fully saturated rings. The smallest absolute Gasteiger partial charge is 0.352 e. The van der Waals surface area contributed by atoms with Gasteiger partial charge in [-0.15, -0.1) is 0 Å². The van der Waals surface area contributed by atoms with E-state index in [1.54, 1.807) is 24.3 Å². The first-order valence-corrected chi connectivity index (χ1v) is 10.9. The Morgan fingerprint density at radius 1 is 1.20 bits per heavy atom. The summed E-state index contributed by atoms with van der Waals surface area (Å²) in [6.07, 6.45) is -3.89. The van der Waals surface area contributed by atoms with E-state index in [9.17, 15) is 22.8 Å². The number of anilines is 1. The highest BCUT2D eigenvalue weighted by molar-refractivity contribution is 6.04. The Morgan fingerprint density at radius 3 is 2.49 bits per heavy atom. The molecule has 0 unspecified atom stereocenters. The maximum absolute atomic E-state index is 13.3. The lowest BCUT2D eigenvalue weighted by Crippen LogP contribution is -2.49. The molecule has 1 aliphatic rings. The number of hydrogen-bond acceptors (Lipinski definition) is 4. The summed E-state index contributed by atoms with van der Waals surface area (Å²) >= 11 is 0. The molecule has 1 heterocycles. The largest absolute Gasteiger partial charge is 0.416 e. The first-order valence-electron chi connectivity index (χ1n) is 10.9. The van der Waals surface area contributed by atoms with Gasteiger partial charge in [-0.05, 0) is 69.9 Å². The minimum Gasteiger partial charge on any atom is -0.352 e. The standard InChI is InChI=1S/C25H26F3N5O2/c1-16-21(23(34)30-12-5-13-32(2)3)22(18-10-8-17(15-29)9-11-18)31-24(35)33(16)20-7-4-6-19(14-20)25(26,27)28/h4,6-11,14,22H,5,12-13H2,1-3H3,(H,30,34)(H,31,35)/t22-/m1/s1. The quantitative estimate of drug-likeness (QED) is 0.576. The zero-order valence-electron chi connectivity index (χ0n) is 19.6. The molecule has 35 heavy (non-hydrogen) atoms. The van der Waals surface area contributed by atoms with Gasteiger partial charge in [-0.3, -0.25) is 9.69 Å².